The van der Waals surface area contributed by atoms with Crippen molar-refractivity contribution in [2.75, 3.05) is 11.5 Å². The molecule has 1 atom stereocenters. The molecule has 2 heterocycles. The first-order chi connectivity index (χ1) is 10.6. The zero-order valence-electron chi connectivity index (χ0n) is 12.7. The third-order valence-corrected chi connectivity index (χ3v) is 6.84. The molecule has 8 heteroatoms. The summed E-state index contributed by atoms with van der Waals surface area (Å²) >= 11 is 6.35. The predicted octanol–water partition coefficient (Wildman–Crippen LogP) is 4.32. The molecule has 0 aliphatic carbocycles. The molecule has 1 amide bonds. The SMILES string of the molecule is CCSc1nnc(SCC(=O)NC(c2cccs2)C(C)C)s1. The van der Waals surface area contributed by atoms with E-state index < -0.39 is 0 Å². The number of amides is 1. The Kier molecular flexibility index (Phi) is 7.20. The van der Waals surface area contributed by atoms with Gasteiger partial charge in [0.1, 0.15) is 0 Å². The molecule has 0 fully saturated rings. The van der Waals surface area contributed by atoms with E-state index in [0.29, 0.717) is 11.7 Å². The van der Waals surface area contributed by atoms with E-state index in [9.17, 15) is 4.79 Å². The normalized spacial score (nSPS) is 12.5. The quantitative estimate of drug-likeness (QED) is 0.699. The van der Waals surface area contributed by atoms with Crippen LogP contribution in [0.2, 0.25) is 0 Å². The van der Waals surface area contributed by atoms with Crippen molar-refractivity contribution < 1.29 is 4.79 Å². The average molecular weight is 374 g/mol. The van der Waals surface area contributed by atoms with Crippen molar-refractivity contribution in [3.8, 4) is 0 Å². The smallest absolute Gasteiger partial charge is 0.230 e. The van der Waals surface area contributed by atoms with Crippen LogP contribution in [-0.2, 0) is 4.79 Å². The zero-order chi connectivity index (χ0) is 15.9. The summed E-state index contributed by atoms with van der Waals surface area (Å²) in [6.45, 7) is 6.33. The van der Waals surface area contributed by atoms with Gasteiger partial charge >= 0.3 is 0 Å². The van der Waals surface area contributed by atoms with E-state index in [1.165, 1.54) is 16.6 Å². The lowest BCUT2D eigenvalue weighted by molar-refractivity contribution is -0.119. The highest BCUT2D eigenvalue weighted by Crippen LogP contribution is 2.29. The van der Waals surface area contributed by atoms with Gasteiger partial charge in [0.2, 0.25) is 5.91 Å². The Balaban J connectivity index is 1.86. The molecule has 0 aromatic carbocycles. The van der Waals surface area contributed by atoms with Crippen LogP contribution >= 0.6 is 46.2 Å². The lowest BCUT2D eigenvalue weighted by Crippen LogP contribution is -2.32. The summed E-state index contributed by atoms with van der Waals surface area (Å²) in [7, 11) is 0. The first-order valence-corrected chi connectivity index (χ1v) is 10.7. The minimum atomic E-state index is 0.0389. The summed E-state index contributed by atoms with van der Waals surface area (Å²) in [5.74, 6) is 1.76. The molecule has 0 spiro atoms. The number of thioether (sulfide) groups is 2. The molecular formula is C14H19N3OS4. The van der Waals surface area contributed by atoms with E-state index in [1.807, 2.05) is 11.4 Å². The topological polar surface area (TPSA) is 54.9 Å². The molecule has 0 aliphatic rings. The second kappa shape index (κ2) is 8.90. The number of hydrogen-bond acceptors (Lipinski definition) is 7. The monoisotopic (exact) mass is 373 g/mol. The number of thiophene rings is 1. The van der Waals surface area contributed by atoms with Crippen LogP contribution in [0.3, 0.4) is 0 Å². The van der Waals surface area contributed by atoms with Crippen LogP contribution in [0, 0.1) is 5.92 Å². The van der Waals surface area contributed by atoms with Crippen molar-refractivity contribution >= 4 is 52.1 Å². The fraction of sp³-hybridized carbons (Fsp3) is 0.500. The third-order valence-electron chi connectivity index (χ3n) is 2.82. The number of carbonyl (C=O) groups is 1. The summed E-state index contributed by atoms with van der Waals surface area (Å²) < 4.78 is 1.81. The molecule has 0 saturated carbocycles. The van der Waals surface area contributed by atoms with Crippen molar-refractivity contribution in [3.63, 3.8) is 0 Å². The van der Waals surface area contributed by atoms with E-state index in [4.69, 9.17) is 0 Å². The number of aromatic nitrogens is 2. The molecule has 0 aliphatic heterocycles. The maximum absolute atomic E-state index is 12.2. The zero-order valence-corrected chi connectivity index (χ0v) is 16.0. The van der Waals surface area contributed by atoms with Gasteiger partial charge < -0.3 is 5.32 Å². The van der Waals surface area contributed by atoms with Gasteiger partial charge in [-0.05, 0) is 23.1 Å². The lowest BCUT2D eigenvalue weighted by atomic mass is 10.0. The van der Waals surface area contributed by atoms with Crippen LogP contribution in [0.25, 0.3) is 0 Å². The van der Waals surface area contributed by atoms with Crippen LogP contribution in [0.5, 0.6) is 0 Å². The van der Waals surface area contributed by atoms with Gasteiger partial charge in [-0.25, -0.2) is 0 Å². The highest BCUT2D eigenvalue weighted by atomic mass is 32.2. The van der Waals surface area contributed by atoms with Crippen molar-refractivity contribution in [1.82, 2.24) is 15.5 Å². The summed E-state index contributed by atoms with van der Waals surface area (Å²) in [5.41, 5.74) is 0. The van der Waals surface area contributed by atoms with Crippen molar-refractivity contribution in [1.29, 1.82) is 0 Å². The van der Waals surface area contributed by atoms with Gasteiger partial charge in [-0.1, -0.05) is 61.7 Å². The maximum Gasteiger partial charge on any atom is 0.230 e. The highest BCUT2D eigenvalue weighted by molar-refractivity contribution is 8.03. The van der Waals surface area contributed by atoms with Crippen LogP contribution in [0.1, 0.15) is 31.7 Å². The van der Waals surface area contributed by atoms with Gasteiger partial charge in [0.05, 0.1) is 11.8 Å². The van der Waals surface area contributed by atoms with Gasteiger partial charge in [-0.15, -0.1) is 21.5 Å². The van der Waals surface area contributed by atoms with Crippen molar-refractivity contribution in [2.24, 2.45) is 5.92 Å². The van der Waals surface area contributed by atoms with Crippen LogP contribution in [-0.4, -0.2) is 27.6 Å². The Bertz CT molecular complexity index is 583. The van der Waals surface area contributed by atoms with Crippen LogP contribution in [0.15, 0.2) is 26.2 Å². The average Bonchev–Trinajstić information content (AvgIpc) is 3.14. The van der Waals surface area contributed by atoms with Gasteiger partial charge in [0.25, 0.3) is 0 Å². The Labute approximate surface area is 147 Å². The summed E-state index contributed by atoms with van der Waals surface area (Å²) in [4.78, 5) is 13.4. The van der Waals surface area contributed by atoms with Crippen LogP contribution < -0.4 is 5.32 Å². The molecule has 2 aromatic heterocycles. The maximum atomic E-state index is 12.2. The molecule has 0 bridgehead atoms. The Morgan fingerprint density at radius 3 is 2.64 bits per heavy atom. The van der Waals surface area contributed by atoms with E-state index in [1.54, 1.807) is 34.4 Å². The van der Waals surface area contributed by atoms with E-state index in [2.05, 4.69) is 42.4 Å². The van der Waals surface area contributed by atoms with Crippen LogP contribution in [0.4, 0.5) is 0 Å². The molecule has 4 nitrogen and oxygen atoms in total. The Hall–Kier alpha value is -0.570. The molecule has 1 N–H and O–H groups in total. The number of hydrogen-bond donors (Lipinski definition) is 1. The number of rotatable bonds is 8. The molecule has 0 radical (unpaired) electrons. The van der Waals surface area contributed by atoms with Gasteiger partial charge in [-0.2, -0.15) is 0 Å². The first kappa shape index (κ1) is 17.8. The number of nitrogens with one attached hydrogen (secondary N) is 1. The molecule has 1 unspecified atom stereocenters. The first-order valence-electron chi connectivity index (χ1n) is 7.02. The Morgan fingerprint density at radius 2 is 2.05 bits per heavy atom. The van der Waals surface area contributed by atoms with Gasteiger partial charge in [0, 0.05) is 4.88 Å². The number of carbonyl (C=O) groups excluding carboxylic acids is 1. The van der Waals surface area contributed by atoms with E-state index in [-0.39, 0.29) is 11.9 Å². The minimum absolute atomic E-state index is 0.0389. The summed E-state index contributed by atoms with van der Waals surface area (Å²) in [5, 5.41) is 13.4. The Morgan fingerprint density at radius 1 is 1.32 bits per heavy atom. The van der Waals surface area contributed by atoms with Crippen molar-refractivity contribution in [3.05, 3.63) is 22.4 Å². The van der Waals surface area contributed by atoms with Gasteiger partial charge in [0.15, 0.2) is 8.68 Å². The summed E-state index contributed by atoms with van der Waals surface area (Å²) in [6.07, 6.45) is 0. The summed E-state index contributed by atoms with van der Waals surface area (Å²) in [6, 6.07) is 4.17. The van der Waals surface area contributed by atoms with E-state index in [0.717, 1.165) is 14.4 Å². The number of nitrogens with zero attached hydrogens (tertiary/aromatic N) is 2. The molecule has 0 saturated heterocycles. The predicted molar refractivity (Wildman–Crippen MR) is 97.1 cm³/mol. The van der Waals surface area contributed by atoms with E-state index >= 15 is 0 Å². The van der Waals surface area contributed by atoms with Gasteiger partial charge in [-0.3, -0.25) is 4.79 Å². The lowest BCUT2D eigenvalue weighted by Gasteiger charge is -2.21. The van der Waals surface area contributed by atoms with Crippen molar-refractivity contribution in [2.45, 2.75) is 35.5 Å². The fourth-order valence-corrected chi connectivity index (χ4v) is 5.49. The largest absolute Gasteiger partial charge is 0.347 e. The molecule has 22 heavy (non-hydrogen) atoms. The fourth-order valence-electron chi connectivity index (χ4n) is 1.81. The second-order valence-electron chi connectivity index (χ2n) is 4.86. The second-order valence-corrected chi connectivity index (χ2v) is 9.55. The minimum Gasteiger partial charge on any atom is -0.347 e. The standard InChI is InChI=1S/C14H19N3OS4/c1-4-19-13-16-17-14(22-13)21-8-11(18)15-12(9(2)3)10-6-5-7-20-10/h5-7,9,12H,4,8H2,1-3H3,(H,15,18). The molecular weight excluding hydrogens is 354 g/mol. The molecule has 120 valence electrons. The molecule has 2 aromatic rings. The molecule has 2 rings (SSSR count). The highest BCUT2D eigenvalue weighted by Gasteiger charge is 2.19. The third kappa shape index (κ3) is 5.26.